The Bertz CT molecular complexity index is 467. The number of sulfone groups is 1. The zero-order valence-electron chi connectivity index (χ0n) is 12.9. The van der Waals surface area contributed by atoms with Crippen LogP contribution in [0.4, 0.5) is 0 Å². The van der Waals surface area contributed by atoms with Crippen molar-refractivity contribution in [2.24, 2.45) is 5.92 Å². The summed E-state index contributed by atoms with van der Waals surface area (Å²) >= 11 is 1.62. The number of amides is 1. The van der Waals surface area contributed by atoms with E-state index in [0.29, 0.717) is 18.2 Å². The van der Waals surface area contributed by atoms with Crippen molar-refractivity contribution in [1.82, 2.24) is 10.2 Å². The Morgan fingerprint density at radius 1 is 1.38 bits per heavy atom. The second kappa shape index (κ2) is 7.33. The van der Waals surface area contributed by atoms with Crippen LogP contribution in [0.3, 0.4) is 0 Å². The number of rotatable bonds is 4. The van der Waals surface area contributed by atoms with Crippen LogP contribution in [0.25, 0.3) is 0 Å². The molecule has 3 unspecified atom stereocenters. The van der Waals surface area contributed by atoms with Gasteiger partial charge in [0.15, 0.2) is 9.84 Å². The van der Waals surface area contributed by atoms with Gasteiger partial charge in [-0.2, -0.15) is 11.8 Å². The van der Waals surface area contributed by atoms with Crippen molar-refractivity contribution in [2.45, 2.75) is 44.5 Å². The maximum atomic E-state index is 12.8. The lowest BCUT2D eigenvalue weighted by molar-refractivity contribution is -0.134. The van der Waals surface area contributed by atoms with Gasteiger partial charge in [-0.15, -0.1) is 0 Å². The summed E-state index contributed by atoms with van der Waals surface area (Å²) in [7, 11) is -3.22. The molecule has 0 aromatic heterocycles. The third kappa shape index (κ3) is 3.93. The third-order valence-electron chi connectivity index (χ3n) is 4.57. The molecule has 0 aromatic carbocycles. The molecule has 0 saturated carbocycles. The number of thioether (sulfide) groups is 1. The zero-order valence-corrected chi connectivity index (χ0v) is 14.5. The van der Waals surface area contributed by atoms with Gasteiger partial charge < -0.3 is 10.2 Å². The molecule has 1 amide bonds. The summed E-state index contributed by atoms with van der Waals surface area (Å²) in [6.45, 7) is 5.20. The largest absolute Gasteiger partial charge is 0.323 e. The molecule has 0 aromatic rings. The van der Waals surface area contributed by atoms with Crippen molar-refractivity contribution in [3.05, 3.63) is 0 Å². The standard InChI is InChI=1S/C14H26N2O3S2/c1-3-11-5-6-15-12(9-11)14(17)16-7-8-20-10-13(16)21(18,19)4-2/h11-13,15H,3-10H2,1-2H3. The van der Waals surface area contributed by atoms with Gasteiger partial charge in [-0.1, -0.05) is 20.3 Å². The maximum absolute atomic E-state index is 12.8. The summed E-state index contributed by atoms with van der Waals surface area (Å²) in [4.78, 5) is 14.4. The van der Waals surface area contributed by atoms with Crippen molar-refractivity contribution < 1.29 is 13.2 Å². The number of carbonyl (C=O) groups is 1. The summed E-state index contributed by atoms with van der Waals surface area (Å²) in [6.07, 6.45) is 3.02. The number of carbonyl (C=O) groups excluding carboxylic acids is 1. The molecular weight excluding hydrogens is 308 g/mol. The molecular formula is C14H26N2O3S2. The van der Waals surface area contributed by atoms with E-state index in [1.54, 1.807) is 23.6 Å². The number of nitrogens with zero attached hydrogens (tertiary/aromatic N) is 1. The monoisotopic (exact) mass is 334 g/mol. The predicted molar refractivity (Wildman–Crippen MR) is 87.1 cm³/mol. The summed E-state index contributed by atoms with van der Waals surface area (Å²) < 4.78 is 24.5. The predicted octanol–water partition coefficient (Wildman–Crippen LogP) is 1.10. The molecule has 0 radical (unpaired) electrons. The summed E-state index contributed by atoms with van der Waals surface area (Å²) in [5.74, 6) is 1.98. The van der Waals surface area contributed by atoms with Gasteiger partial charge in [0.05, 0.1) is 6.04 Å². The van der Waals surface area contributed by atoms with Gasteiger partial charge in [0.2, 0.25) is 5.91 Å². The lowest BCUT2D eigenvalue weighted by Gasteiger charge is -2.39. The van der Waals surface area contributed by atoms with Crippen molar-refractivity contribution >= 4 is 27.5 Å². The SMILES string of the molecule is CCC1CCNC(C(=O)N2CCSCC2S(=O)(=O)CC)C1. The molecule has 2 aliphatic rings. The van der Waals surface area contributed by atoms with Gasteiger partial charge in [0.1, 0.15) is 5.37 Å². The van der Waals surface area contributed by atoms with Crippen LogP contribution >= 0.6 is 11.8 Å². The highest BCUT2D eigenvalue weighted by molar-refractivity contribution is 8.01. The van der Waals surface area contributed by atoms with Crippen LogP contribution in [-0.2, 0) is 14.6 Å². The minimum absolute atomic E-state index is 0.0181. The number of hydrogen-bond donors (Lipinski definition) is 1. The average Bonchev–Trinajstić information content (AvgIpc) is 2.54. The first kappa shape index (κ1) is 17.1. The average molecular weight is 335 g/mol. The fraction of sp³-hybridized carbons (Fsp3) is 0.929. The highest BCUT2D eigenvalue weighted by Gasteiger charge is 2.39. The highest BCUT2D eigenvalue weighted by atomic mass is 32.2. The van der Waals surface area contributed by atoms with Crippen molar-refractivity contribution in [3.8, 4) is 0 Å². The fourth-order valence-electron chi connectivity index (χ4n) is 3.08. The van der Waals surface area contributed by atoms with E-state index >= 15 is 0 Å². The molecule has 122 valence electrons. The molecule has 2 aliphatic heterocycles. The molecule has 2 saturated heterocycles. The van der Waals surface area contributed by atoms with E-state index in [4.69, 9.17) is 0 Å². The van der Waals surface area contributed by atoms with Crippen LogP contribution < -0.4 is 5.32 Å². The molecule has 0 aliphatic carbocycles. The summed E-state index contributed by atoms with van der Waals surface area (Å²) in [6, 6.07) is -0.207. The smallest absolute Gasteiger partial charge is 0.240 e. The molecule has 0 bridgehead atoms. The van der Waals surface area contributed by atoms with Gasteiger partial charge in [-0.25, -0.2) is 8.42 Å². The molecule has 2 fully saturated rings. The van der Waals surface area contributed by atoms with E-state index in [1.807, 2.05) is 0 Å². The zero-order chi connectivity index (χ0) is 15.5. The Morgan fingerprint density at radius 3 is 2.81 bits per heavy atom. The Morgan fingerprint density at radius 2 is 2.14 bits per heavy atom. The number of nitrogens with one attached hydrogen (secondary N) is 1. The molecule has 3 atom stereocenters. The number of piperidine rings is 1. The maximum Gasteiger partial charge on any atom is 0.240 e. The van der Waals surface area contributed by atoms with E-state index < -0.39 is 15.2 Å². The topological polar surface area (TPSA) is 66.5 Å². The molecule has 5 nitrogen and oxygen atoms in total. The van der Waals surface area contributed by atoms with Gasteiger partial charge in [0.25, 0.3) is 0 Å². The van der Waals surface area contributed by atoms with Gasteiger partial charge in [0, 0.05) is 23.8 Å². The Kier molecular flexibility index (Phi) is 5.96. The van der Waals surface area contributed by atoms with Crippen molar-refractivity contribution in [3.63, 3.8) is 0 Å². The molecule has 21 heavy (non-hydrogen) atoms. The van der Waals surface area contributed by atoms with E-state index in [0.717, 1.165) is 31.6 Å². The lowest BCUT2D eigenvalue weighted by Crippen LogP contribution is -2.57. The van der Waals surface area contributed by atoms with E-state index in [2.05, 4.69) is 12.2 Å². The molecule has 2 heterocycles. The Balaban J connectivity index is 2.11. The Hall–Kier alpha value is -0.270. The fourth-order valence-corrected chi connectivity index (χ4v) is 6.05. The van der Waals surface area contributed by atoms with Crippen LogP contribution in [0.2, 0.25) is 0 Å². The molecule has 7 heteroatoms. The van der Waals surface area contributed by atoms with Crippen LogP contribution in [0, 0.1) is 5.92 Å². The first-order valence-electron chi connectivity index (χ1n) is 7.82. The van der Waals surface area contributed by atoms with E-state index in [-0.39, 0.29) is 17.7 Å². The minimum Gasteiger partial charge on any atom is -0.323 e. The van der Waals surface area contributed by atoms with E-state index in [9.17, 15) is 13.2 Å². The van der Waals surface area contributed by atoms with Crippen LogP contribution in [0.5, 0.6) is 0 Å². The molecule has 2 rings (SSSR count). The van der Waals surface area contributed by atoms with Crippen LogP contribution in [0.15, 0.2) is 0 Å². The normalized spacial score (nSPS) is 31.1. The van der Waals surface area contributed by atoms with E-state index in [1.165, 1.54) is 0 Å². The second-order valence-electron chi connectivity index (χ2n) is 5.82. The summed E-state index contributed by atoms with van der Waals surface area (Å²) in [5, 5.41) is 2.64. The highest BCUT2D eigenvalue weighted by Crippen LogP contribution is 2.25. The van der Waals surface area contributed by atoms with Crippen LogP contribution in [-0.4, -0.2) is 61.0 Å². The molecule has 1 N–H and O–H groups in total. The minimum atomic E-state index is -3.22. The Labute approximate surface area is 132 Å². The van der Waals surface area contributed by atoms with Crippen molar-refractivity contribution in [1.29, 1.82) is 0 Å². The van der Waals surface area contributed by atoms with Crippen LogP contribution in [0.1, 0.15) is 33.1 Å². The van der Waals surface area contributed by atoms with Gasteiger partial charge in [-0.3, -0.25) is 4.79 Å². The number of hydrogen-bond acceptors (Lipinski definition) is 5. The van der Waals surface area contributed by atoms with Crippen molar-refractivity contribution in [2.75, 3.05) is 30.3 Å². The third-order valence-corrected chi connectivity index (χ3v) is 7.86. The first-order chi connectivity index (χ1) is 9.99. The molecule has 0 spiro atoms. The lowest BCUT2D eigenvalue weighted by atomic mass is 9.90. The van der Waals surface area contributed by atoms with Gasteiger partial charge >= 0.3 is 0 Å². The summed E-state index contributed by atoms with van der Waals surface area (Å²) in [5.41, 5.74) is 0. The quantitative estimate of drug-likeness (QED) is 0.834. The van der Waals surface area contributed by atoms with Gasteiger partial charge in [-0.05, 0) is 25.3 Å². The first-order valence-corrected chi connectivity index (χ1v) is 10.7. The second-order valence-corrected chi connectivity index (χ2v) is 9.42.